The molecule has 2 N–H and O–H groups in total. The van der Waals surface area contributed by atoms with Crippen LogP contribution in [0.5, 0.6) is 0 Å². The summed E-state index contributed by atoms with van der Waals surface area (Å²) in [5, 5.41) is 0. The Hall–Kier alpha value is -0.410. The fraction of sp³-hybridized carbons (Fsp3) is 0.200. The van der Waals surface area contributed by atoms with E-state index in [1.54, 1.807) is 0 Å². The first kappa shape index (κ1) is 9.59. The molecule has 0 heterocycles. The molecule has 0 radical (unpaired) electrons. The summed E-state index contributed by atoms with van der Waals surface area (Å²) in [5.74, 6) is 0. The van der Waals surface area contributed by atoms with Crippen LogP contribution in [0.3, 0.4) is 0 Å². The van der Waals surface area contributed by atoms with Gasteiger partial charge in [0.15, 0.2) is 0 Å². The van der Waals surface area contributed by atoms with Gasteiger partial charge in [-0.05, 0) is 0 Å². The van der Waals surface area contributed by atoms with Gasteiger partial charge in [-0.3, -0.25) is 0 Å². The molecular formula is C5H11O4P. The van der Waals surface area contributed by atoms with E-state index in [2.05, 4.69) is 22.2 Å². The van der Waals surface area contributed by atoms with E-state index in [9.17, 15) is 0 Å². The molecule has 0 aliphatic carbocycles. The predicted molar refractivity (Wildman–Crippen MR) is 40.2 cm³/mol. The molecule has 0 spiro atoms. The van der Waals surface area contributed by atoms with Gasteiger partial charge in [-0.15, -0.1) is 0 Å². The van der Waals surface area contributed by atoms with Crippen molar-refractivity contribution in [1.29, 1.82) is 0 Å². The van der Waals surface area contributed by atoms with Crippen LogP contribution in [0.25, 0.3) is 0 Å². The zero-order valence-electron chi connectivity index (χ0n) is 5.49. The summed E-state index contributed by atoms with van der Waals surface area (Å²) in [6.07, 6.45) is 2.32. The van der Waals surface area contributed by atoms with Gasteiger partial charge in [0.25, 0.3) is 0 Å². The molecule has 0 aliphatic heterocycles. The Labute approximate surface area is 60.1 Å². The second kappa shape index (κ2) is 4.41. The second-order valence-electron chi connectivity index (χ2n) is 1.43. The zero-order valence-corrected chi connectivity index (χ0v) is 6.49. The van der Waals surface area contributed by atoms with Crippen molar-refractivity contribution in [2.45, 2.75) is 0 Å². The summed E-state index contributed by atoms with van der Waals surface area (Å²) in [4.78, 5) is 17.6. The van der Waals surface area contributed by atoms with E-state index in [0.717, 1.165) is 6.26 Å². The molecule has 0 aromatic rings. The third kappa shape index (κ3) is 4.47. The Kier molecular flexibility index (Phi) is 4.23. The molecule has 0 aromatic heterocycles. The van der Waals surface area contributed by atoms with E-state index in [1.165, 1.54) is 6.08 Å². The average molecular weight is 166 g/mol. The molecule has 0 atom stereocenters. The fourth-order valence-electron chi connectivity index (χ4n) is 0.310. The van der Waals surface area contributed by atoms with Crippen molar-refractivity contribution in [3.63, 3.8) is 0 Å². The quantitative estimate of drug-likeness (QED) is 0.359. The molecule has 5 heteroatoms. The monoisotopic (exact) mass is 166 g/mol. The first-order chi connectivity index (χ1) is 4.62. The molecule has 0 amide bonds. The molecule has 0 fully saturated rings. The van der Waals surface area contributed by atoms with E-state index >= 15 is 0 Å². The number of rotatable bonds is 5. The van der Waals surface area contributed by atoms with Gasteiger partial charge in [0.05, 0.1) is 0 Å². The van der Waals surface area contributed by atoms with Crippen LogP contribution in [-0.2, 0) is 9.05 Å². The van der Waals surface area contributed by atoms with Crippen LogP contribution in [-0.4, -0.2) is 16.4 Å². The van der Waals surface area contributed by atoms with Gasteiger partial charge in [0.2, 0.25) is 0 Å². The molecular weight excluding hydrogens is 155 g/mol. The summed E-state index contributed by atoms with van der Waals surface area (Å²) in [7, 11) is -3.91. The summed E-state index contributed by atoms with van der Waals surface area (Å²) in [6.45, 7) is 6.51. The molecule has 0 aliphatic rings. The third-order valence-electron chi connectivity index (χ3n) is 0.626. The average Bonchev–Trinajstić information content (AvgIpc) is 1.84. The fourth-order valence-corrected chi connectivity index (χ4v) is 0.930. The van der Waals surface area contributed by atoms with Gasteiger partial charge in [0.1, 0.15) is 0 Å². The van der Waals surface area contributed by atoms with E-state index in [1.807, 2.05) is 0 Å². The van der Waals surface area contributed by atoms with E-state index < -0.39 is 8.17 Å². The molecule has 0 unspecified atom stereocenters. The topological polar surface area (TPSA) is 58.9 Å². The van der Waals surface area contributed by atoms with E-state index in [-0.39, 0.29) is 6.61 Å². The summed E-state index contributed by atoms with van der Waals surface area (Å²) < 4.78 is 8.73. The van der Waals surface area contributed by atoms with Crippen LogP contribution in [0.4, 0.5) is 0 Å². The van der Waals surface area contributed by atoms with Crippen LogP contribution >= 0.6 is 8.17 Å². The zero-order chi connectivity index (χ0) is 8.04. The van der Waals surface area contributed by atoms with Crippen LogP contribution in [0.1, 0.15) is 0 Å². The van der Waals surface area contributed by atoms with Crippen molar-refractivity contribution in [1.82, 2.24) is 0 Å². The normalized spacial score (nSPS) is 12.2. The maximum atomic E-state index is 8.78. The van der Waals surface area contributed by atoms with Crippen molar-refractivity contribution in [2.24, 2.45) is 0 Å². The van der Waals surface area contributed by atoms with Crippen LogP contribution < -0.4 is 0 Å². The van der Waals surface area contributed by atoms with E-state index in [4.69, 9.17) is 9.79 Å². The van der Waals surface area contributed by atoms with Crippen LogP contribution in [0.15, 0.2) is 25.5 Å². The molecule has 10 heavy (non-hydrogen) atoms. The van der Waals surface area contributed by atoms with Gasteiger partial charge < -0.3 is 0 Å². The van der Waals surface area contributed by atoms with Gasteiger partial charge >= 0.3 is 59.1 Å². The Morgan fingerprint density at radius 2 is 2.00 bits per heavy atom. The minimum absolute atomic E-state index is 0.0487. The standard InChI is InChI=1S/C5H11O4P/c1-3-5-9-10(6,7)8-4-2/h3-4,6-7,10H,1-2,5H2. The van der Waals surface area contributed by atoms with Gasteiger partial charge in [-0.1, -0.05) is 0 Å². The van der Waals surface area contributed by atoms with Crippen LogP contribution in [0, 0.1) is 0 Å². The summed E-state index contributed by atoms with van der Waals surface area (Å²) >= 11 is 0. The van der Waals surface area contributed by atoms with Crippen LogP contribution in [0.2, 0.25) is 0 Å². The SMILES string of the molecule is C=CCO[PH](O)(O)OC=C. The minimum atomic E-state index is -3.91. The van der Waals surface area contributed by atoms with Crippen molar-refractivity contribution in [2.75, 3.05) is 6.61 Å². The van der Waals surface area contributed by atoms with Crippen molar-refractivity contribution < 1.29 is 18.8 Å². The van der Waals surface area contributed by atoms with Crippen molar-refractivity contribution >= 4 is 8.17 Å². The Morgan fingerprint density at radius 3 is 2.40 bits per heavy atom. The molecule has 0 rings (SSSR count). The molecule has 60 valence electrons. The predicted octanol–water partition coefficient (Wildman–Crippen LogP) is 0.744. The molecule has 0 aromatic carbocycles. The Morgan fingerprint density at radius 1 is 1.40 bits per heavy atom. The van der Waals surface area contributed by atoms with E-state index in [0.29, 0.717) is 0 Å². The first-order valence-electron chi connectivity index (χ1n) is 2.60. The summed E-state index contributed by atoms with van der Waals surface area (Å²) in [5.41, 5.74) is 0. The van der Waals surface area contributed by atoms with Gasteiger partial charge in [0, 0.05) is 0 Å². The maximum absolute atomic E-state index is 8.78. The van der Waals surface area contributed by atoms with Crippen molar-refractivity contribution in [3.05, 3.63) is 25.5 Å². The van der Waals surface area contributed by atoms with Crippen molar-refractivity contribution in [3.8, 4) is 0 Å². The summed E-state index contributed by atoms with van der Waals surface area (Å²) in [6, 6.07) is 0. The third-order valence-corrected chi connectivity index (χ3v) is 1.64. The molecule has 0 saturated carbocycles. The Balaban J connectivity index is 3.61. The first-order valence-corrected chi connectivity index (χ1v) is 4.32. The van der Waals surface area contributed by atoms with Gasteiger partial charge in [-0.25, -0.2) is 0 Å². The van der Waals surface area contributed by atoms with Gasteiger partial charge in [-0.2, -0.15) is 0 Å². The number of hydrogen-bond donors (Lipinski definition) is 2. The Bertz CT molecular complexity index is 123. The number of hydrogen-bond acceptors (Lipinski definition) is 4. The molecule has 0 saturated heterocycles. The molecule has 4 nitrogen and oxygen atoms in total. The second-order valence-corrected chi connectivity index (χ2v) is 3.05. The molecule has 0 bridgehead atoms.